The molecule has 1 N–H and O–H groups in total. The number of rotatable bonds is 7. The Balaban J connectivity index is 1.78. The first-order valence-corrected chi connectivity index (χ1v) is 11.4. The molecule has 0 aromatic heterocycles. The number of carbonyl (C=O) groups excluding carboxylic acids is 1. The van der Waals surface area contributed by atoms with Crippen LogP contribution in [0.15, 0.2) is 42.5 Å². The Morgan fingerprint density at radius 2 is 1.84 bits per heavy atom. The van der Waals surface area contributed by atoms with Crippen molar-refractivity contribution in [3.8, 4) is 17.2 Å². The van der Waals surface area contributed by atoms with E-state index in [0.29, 0.717) is 30.9 Å². The number of nitrogens with zero attached hydrogens (tertiary/aromatic N) is 2. The summed E-state index contributed by atoms with van der Waals surface area (Å²) in [7, 11) is -1.86. The number of sulfonamides is 1. The third-order valence-corrected chi connectivity index (χ3v) is 6.16. The van der Waals surface area contributed by atoms with Crippen LogP contribution in [-0.2, 0) is 14.8 Å². The van der Waals surface area contributed by atoms with Gasteiger partial charge in [-0.2, -0.15) is 0 Å². The largest absolute Gasteiger partial charge is 0.497 e. The van der Waals surface area contributed by atoms with Gasteiger partial charge >= 0.3 is 0 Å². The third-order valence-electron chi connectivity index (χ3n) is 4.89. The van der Waals surface area contributed by atoms with Crippen LogP contribution in [0.3, 0.4) is 0 Å². The first kappa shape index (κ1) is 22.5. The van der Waals surface area contributed by atoms with Gasteiger partial charge in [0.2, 0.25) is 15.9 Å². The maximum Gasteiger partial charge on any atom is 0.275 e. The fourth-order valence-electron chi connectivity index (χ4n) is 3.30. The van der Waals surface area contributed by atoms with Crippen molar-refractivity contribution in [3.63, 3.8) is 0 Å². The summed E-state index contributed by atoms with van der Waals surface area (Å²) in [5, 5.41) is 14.0. The number of nitrogens with one attached hydrogen (secondary N) is 1. The number of hydrogen-bond acceptors (Lipinski definition) is 7. The van der Waals surface area contributed by atoms with Crippen molar-refractivity contribution >= 4 is 27.3 Å². The molecular formula is C20H23N3O7S. The van der Waals surface area contributed by atoms with E-state index in [1.165, 1.54) is 29.6 Å². The molecular weight excluding hydrogens is 426 g/mol. The molecule has 0 spiro atoms. The Kier molecular flexibility index (Phi) is 6.76. The van der Waals surface area contributed by atoms with Gasteiger partial charge in [0.05, 0.1) is 36.0 Å². The number of hydrogen-bond donors (Lipinski definition) is 1. The number of benzene rings is 2. The lowest BCUT2D eigenvalue weighted by Crippen LogP contribution is -2.43. The first-order chi connectivity index (χ1) is 14.7. The zero-order valence-corrected chi connectivity index (χ0v) is 17.9. The number of non-ortho nitro benzene ring substituents is 1. The molecule has 2 aromatic carbocycles. The standard InChI is InChI=1S/C20H23N3O7S/c1-29-17-5-7-18(8-6-17)30-19-11-15(10-16(12-19)23(25)26)21-20(24)14-4-3-9-22(13-14)31(2,27)28/h5-8,10-12,14H,3-4,9,13H2,1-2H3,(H,21,24). The van der Waals surface area contributed by atoms with Gasteiger partial charge in [-0.3, -0.25) is 14.9 Å². The predicted octanol–water partition coefficient (Wildman–Crippen LogP) is 3.01. The van der Waals surface area contributed by atoms with E-state index in [-0.39, 0.29) is 23.7 Å². The molecule has 1 heterocycles. The first-order valence-electron chi connectivity index (χ1n) is 9.53. The molecule has 0 aliphatic carbocycles. The van der Waals surface area contributed by atoms with E-state index in [1.807, 2.05) is 0 Å². The van der Waals surface area contributed by atoms with Gasteiger partial charge in [0.15, 0.2) is 0 Å². The summed E-state index contributed by atoms with van der Waals surface area (Å²) in [5.41, 5.74) is -0.0538. The molecule has 1 unspecified atom stereocenters. The molecule has 0 radical (unpaired) electrons. The van der Waals surface area contributed by atoms with Crippen LogP contribution in [0.2, 0.25) is 0 Å². The number of anilines is 1. The number of piperidine rings is 1. The fraction of sp³-hybridized carbons (Fsp3) is 0.350. The van der Waals surface area contributed by atoms with Crippen LogP contribution in [-0.4, -0.2) is 50.0 Å². The third kappa shape index (κ3) is 5.92. The van der Waals surface area contributed by atoms with Gasteiger partial charge in [0, 0.05) is 25.2 Å². The van der Waals surface area contributed by atoms with Crippen molar-refractivity contribution in [2.75, 3.05) is 31.8 Å². The molecule has 1 fully saturated rings. The highest BCUT2D eigenvalue weighted by Gasteiger charge is 2.30. The van der Waals surface area contributed by atoms with Crippen molar-refractivity contribution in [2.45, 2.75) is 12.8 Å². The normalized spacial score (nSPS) is 17.0. The van der Waals surface area contributed by atoms with E-state index in [1.54, 1.807) is 24.3 Å². The molecule has 3 rings (SSSR count). The summed E-state index contributed by atoms with van der Waals surface area (Å²) in [5.74, 6) is 0.304. The second kappa shape index (κ2) is 9.31. The maximum atomic E-state index is 12.7. The van der Waals surface area contributed by atoms with Crippen LogP contribution in [0.1, 0.15) is 12.8 Å². The Labute approximate surface area is 180 Å². The summed E-state index contributed by atoms with van der Waals surface area (Å²) in [4.78, 5) is 23.5. The SMILES string of the molecule is COc1ccc(Oc2cc(NC(=O)C3CCCN(S(C)(=O)=O)C3)cc([N+](=O)[O-])c2)cc1. The van der Waals surface area contributed by atoms with Gasteiger partial charge in [-0.25, -0.2) is 12.7 Å². The van der Waals surface area contributed by atoms with Crippen LogP contribution in [0.25, 0.3) is 0 Å². The lowest BCUT2D eigenvalue weighted by atomic mass is 9.98. The number of nitro groups is 1. The smallest absolute Gasteiger partial charge is 0.275 e. The molecule has 1 amide bonds. The number of carbonyl (C=O) groups is 1. The second-order valence-corrected chi connectivity index (χ2v) is 9.18. The fourth-order valence-corrected chi connectivity index (χ4v) is 4.21. The van der Waals surface area contributed by atoms with Crippen molar-refractivity contribution in [3.05, 3.63) is 52.6 Å². The van der Waals surface area contributed by atoms with Crippen LogP contribution in [0.5, 0.6) is 17.2 Å². The Morgan fingerprint density at radius 1 is 1.16 bits per heavy atom. The average Bonchev–Trinajstić information content (AvgIpc) is 2.73. The number of methoxy groups -OCH3 is 1. The van der Waals surface area contributed by atoms with Gasteiger partial charge < -0.3 is 14.8 Å². The molecule has 2 aromatic rings. The lowest BCUT2D eigenvalue weighted by Gasteiger charge is -2.30. The quantitative estimate of drug-likeness (QED) is 0.508. The van der Waals surface area contributed by atoms with Crippen LogP contribution in [0.4, 0.5) is 11.4 Å². The van der Waals surface area contributed by atoms with Crippen molar-refractivity contribution < 1.29 is 27.6 Å². The Morgan fingerprint density at radius 3 is 2.45 bits per heavy atom. The Bertz CT molecular complexity index is 1070. The van der Waals surface area contributed by atoms with Gasteiger partial charge in [-0.05, 0) is 37.1 Å². The zero-order valence-electron chi connectivity index (χ0n) is 17.1. The second-order valence-electron chi connectivity index (χ2n) is 7.20. The topological polar surface area (TPSA) is 128 Å². The van der Waals surface area contributed by atoms with E-state index >= 15 is 0 Å². The summed E-state index contributed by atoms with van der Waals surface area (Å²) in [6.45, 7) is 0.452. The monoisotopic (exact) mass is 449 g/mol. The van der Waals surface area contributed by atoms with Crippen LogP contribution in [0, 0.1) is 16.0 Å². The molecule has 10 nitrogen and oxygen atoms in total. The Hall–Kier alpha value is -3.18. The molecule has 1 aliphatic rings. The molecule has 0 bridgehead atoms. The number of ether oxygens (including phenoxy) is 2. The van der Waals surface area contributed by atoms with Gasteiger partial charge in [-0.1, -0.05) is 0 Å². The van der Waals surface area contributed by atoms with E-state index in [4.69, 9.17) is 9.47 Å². The number of amides is 1. The molecule has 11 heteroatoms. The van der Waals surface area contributed by atoms with Gasteiger partial charge in [0.25, 0.3) is 5.69 Å². The molecule has 166 valence electrons. The van der Waals surface area contributed by atoms with Gasteiger partial charge in [-0.15, -0.1) is 0 Å². The van der Waals surface area contributed by atoms with Crippen LogP contribution >= 0.6 is 0 Å². The van der Waals surface area contributed by atoms with Gasteiger partial charge in [0.1, 0.15) is 17.2 Å². The van der Waals surface area contributed by atoms with Crippen LogP contribution < -0.4 is 14.8 Å². The lowest BCUT2D eigenvalue weighted by molar-refractivity contribution is -0.384. The highest BCUT2D eigenvalue weighted by atomic mass is 32.2. The summed E-state index contributed by atoms with van der Waals surface area (Å²) < 4.78 is 35.6. The molecule has 1 saturated heterocycles. The van der Waals surface area contributed by atoms with Crippen molar-refractivity contribution in [1.29, 1.82) is 0 Å². The van der Waals surface area contributed by atoms with Crippen molar-refractivity contribution in [2.24, 2.45) is 5.92 Å². The highest BCUT2D eigenvalue weighted by molar-refractivity contribution is 7.88. The summed E-state index contributed by atoms with van der Waals surface area (Å²) in [6.07, 6.45) is 2.20. The minimum atomic E-state index is -3.39. The van der Waals surface area contributed by atoms with E-state index in [0.717, 1.165) is 6.26 Å². The molecule has 0 saturated carbocycles. The molecule has 31 heavy (non-hydrogen) atoms. The summed E-state index contributed by atoms with van der Waals surface area (Å²) >= 11 is 0. The molecule has 1 aliphatic heterocycles. The van der Waals surface area contributed by atoms with E-state index < -0.39 is 26.8 Å². The minimum Gasteiger partial charge on any atom is -0.497 e. The molecule has 1 atom stereocenters. The highest BCUT2D eigenvalue weighted by Crippen LogP contribution is 2.31. The predicted molar refractivity (Wildman–Crippen MR) is 114 cm³/mol. The average molecular weight is 449 g/mol. The van der Waals surface area contributed by atoms with Crippen molar-refractivity contribution in [1.82, 2.24) is 4.31 Å². The maximum absolute atomic E-state index is 12.7. The zero-order chi connectivity index (χ0) is 22.6. The van der Waals surface area contributed by atoms with E-state index in [2.05, 4.69) is 5.32 Å². The number of nitro benzene ring substituents is 1. The minimum absolute atomic E-state index is 0.0782. The summed E-state index contributed by atoms with van der Waals surface area (Å²) in [6, 6.07) is 10.6. The van der Waals surface area contributed by atoms with E-state index in [9.17, 15) is 23.3 Å².